The van der Waals surface area contributed by atoms with Gasteiger partial charge in [-0.25, -0.2) is 0 Å². The highest BCUT2D eigenvalue weighted by Crippen LogP contribution is 2.32. The maximum Gasteiger partial charge on any atom is 0.416 e. The van der Waals surface area contributed by atoms with Crippen molar-refractivity contribution in [3.05, 3.63) is 29.3 Å². The molecule has 4 nitrogen and oxygen atoms in total. The summed E-state index contributed by atoms with van der Waals surface area (Å²) in [5, 5.41) is 0. The molecular formula is C13H16F3N3OS. The van der Waals surface area contributed by atoms with Gasteiger partial charge in [0.25, 0.3) is 5.91 Å². The molecule has 1 aromatic carbocycles. The first-order chi connectivity index (χ1) is 9.84. The van der Waals surface area contributed by atoms with Crippen LogP contribution in [0.3, 0.4) is 0 Å². The summed E-state index contributed by atoms with van der Waals surface area (Å²) in [6.07, 6.45) is -3.65. The highest BCUT2D eigenvalue weighted by molar-refractivity contribution is 7.99. The zero-order valence-electron chi connectivity index (χ0n) is 11.4. The number of hydrogen-bond donors (Lipinski definition) is 2. The van der Waals surface area contributed by atoms with Gasteiger partial charge in [-0.05, 0) is 30.4 Å². The Kier molecular flexibility index (Phi) is 4.67. The number of benzene rings is 1. The van der Waals surface area contributed by atoms with E-state index < -0.39 is 17.6 Å². The van der Waals surface area contributed by atoms with Gasteiger partial charge in [-0.3, -0.25) is 10.6 Å². The molecule has 0 saturated carbocycles. The number of thioether (sulfide) groups is 1. The lowest BCUT2D eigenvalue weighted by Gasteiger charge is -2.25. The SMILES string of the molecule is CN(C(=O)c1cc(C(F)(F)F)ccc1NN)C1CCSC1. The third-order valence-electron chi connectivity index (χ3n) is 3.51. The lowest BCUT2D eigenvalue weighted by Crippen LogP contribution is -2.37. The van der Waals surface area contributed by atoms with Crippen LogP contribution in [0.2, 0.25) is 0 Å². The molecule has 0 bridgehead atoms. The van der Waals surface area contributed by atoms with Gasteiger partial charge in [0.1, 0.15) is 0 Å². The van der Waals surface area contributed by atoms with Crippen molar-refractivity contribution in [2.45, 2.75) is 18.6 Å². The Bertz CT molecular complexity index is 530. The van der Waals surface area contributed by atoms with E-state index >= 15 is 0 Å². The largest absolute Gasteiger partial charge is 0.416 e. The first kappa shape index (κ1) is 16.0. The third-order valence-corrected chi connectivity index (χ3v) is 4.65. The maximum absolute atomic E-state index is 12.8. The van der Waals surface area contributed by atoms with E-state index in [-0.39, 0.29) is 17.3 Å². The lowest BCUT2D eigenvalue weighted by molar-refractivity contribution is -0.137. The number of rotatable bonds is 3. The predicted molar refractivity (Wildman–Crippen MR) is 77.1 cm³/mol. The van der Waals surface area contributed by atoms with Crippen molar-refractivity contribution in [3.63, 3.8) is 0 Å². The minimum atomic E-state index is -4.50. The van der Waals surface area contributed by atoms with Gasteiger partial charge in [-0.2, -0.15) is 24.9 Å². The van der Waals surface area contributed by atoms with E-state index in [4.69, 9.17) is 5.84 Å². The first-order valence-corrected chi connectivity index (χ1v) is 7.53. The molecule has 1 heterocycles. The Morgan fingerprint density at radius 2 is 2.19 bits per heavy atom. The van der Waals surface area contributed by atoms with Crippen LogP contribution < -0.4 is 11.3 Å². The standard InChI is InChI=1S/C13H16F3N3OS/c1-19(9-4-5-21-7-9)12(20)10-6-8(13(14,15)16)2-3-11(10)18-17/h2-3,6,9,18H,4-5,7,17H2,1H3. The van der Waals surface area contributed by atoms with E-state index in [0.717, 1.165) is 30.1 Å². The quantitative estimate of drug-likeness (QED) is 0.664. The molecule has 0 radical (unpaired) electrons. The fourth-order valence-electron chi connectivity index (χ4n) is 2.21. The fourth-order valence-corrected chi connectivity index (χ4v) is 3.47. The monoisotopic (exact) mass is 319 g/mol. The van der Waals surface area contributed by atoms with Gasteiger partial charge in [0.05, 0.1) is 16.8 Å². The number of amides is 1. The number of carbonyl (C=O) groups excluding carboxylic acids is 1. The molecule has 2 rings (SSSR count). The summed E-state index contributed by atoms with van der Waals surface area (Å²) >= 11 is 1.73. The molecule has 1 amide bonds. The summed E-state index contributed by atoms with van der Waals surface area (Å²) in [4.78, 5) is 13.9. The molecule has 1 fully saturated rings. The van der Waals surface area contributed by atoms with Gasteiger partial charge in [0, 0.05) is 18.8 Å². The van der Waals surface area contributed by atoms with Crippen LogP contribution in [0.15, 0.2) is 18.2 Å². The molecule has 3 N–H and O–H groups in total. The van der Waals surface area contributed by atoms with Crippen molar-refractivity contribution >= 4 is 23.4 Å². The average molecular weight is 319 g/mol. The molecule has 1 aliphatic rings. The second-order valence-corrected chi connectivity index (χ2v) is 5.99. The van der Waals surface area contributed by atoms with Gasteiger partial charge >= 0.3 is 6.18 Å². The van der Waals surface area contributed by atoms with Crippen molar-refractivity contribution in [1.82, 2.24) is 4.90 Å². The van der Waals surface area contributed by atoms with E-state index in [1.165, 1.54) is 11.0 Å². The maximum atomic E-state index is 12.8. The molecule has 0 spiro atoms. The van der Waals surface area contributed by atoms with Crippen LogP contribution in [0.5, 0.6) is 0 Å². The summed E-state index contributed by atoms with van der Waals surface area (Å²) in [6.45, 7) is 0. The number of nitrogens with one attached hydrogen (secondary N) is 1. The van der Waals surface area contributed by atoms with Gasteiger partial charge in [0.2, 0.25) is 0 Å². The van der Waals surface area contributed by atoms with Crippen LogP contribution in [-0.4, -0.2) is 35.4 Å². The van der Waals surface area contributed by atoms with Gasteiger partial charge in [-0.15, -0.1) is 0 Å². The Labute approximate surface area is 124 Å². The number of nitrogens with two attached hydrogens (primary N) is 1. The minimum Gasteiger partial charge on any atom is -0.338 e. The summed E-state index contributed by atoms with van der Waals surface area (Å²) in [5.74, 6) is 6.59. The zero-order valence-corrected chi connectivity index (χ0v) is 12.2. The highest BCUT2D eigenvalue weighted by atomic mass is 32.2. The van der Waals surface area contributed by atoms with Crippen molar-refractivity contribution in [2.24, 2.45) is 5.84 Å². The van der Waals surface area contributed by atoms with Crippen LogP contribution in [0.25, 0.3) is 0 Å². The highest BCUT2D eigenvalue weighted by Gasteiger charge is 2.33. The molecule has 0 aromatic heterocycles. The van der Waals surface area contributed by atoms with Gasteiger partial charge in [-0.1, -0.05) is 0 Å². The topological polar surface area (TPSA) is 58.4 Å². The van der Waals surface area contributed by atoms with Crippen molar-refractivity contribution < 1.29 is 18.0 Å². The summed E-state index contributed by atoms with van der Waals surface area (Å²) in [7, 11) is 1.61. The number of nitrogens with zero attached hydrogens (tertiary/aromatic N) is 1. The molecule has 1 saturated heterocycles. The fraction of sp³-hybridized carbons (Fsp3) is 0.462. The number of anilines is 1. The predicted octanol–water partition coefficient (Wildman–Crippen LogP) is 2.57. The van der Waals surface area contributed by atoms with Crippen LogP contribution in [0.1, 0.15) is 22.3 Å². The normalized spacial score (nSPS) is 18.6. The minimum absolute atomic E-state index is 0.0441. The van der Waals surface area contributed by atoms with Crippen molar-refractivity contribution in [1.29, 1.82) is 0 Å². The average Bonchev–Trinajstić information content (AvgIpc) is 2.98. The molecule has 1 atom stereocenters. The Morgan fingerprint density at radius 1 is 1.48 bits per heavy atom. The summed E-state index contributed by atoms with van der Waals surface area (Å²) in [6, 6.07) is 2.96. The number of hydrazine groups is 1. The molecule has 1 unspecified atom stereocenters. The molecule has 0 aliphatic carbocycles. The second kappa shape index (κ2) is 6.15. The number of carbonyl (C=O) groups is 1. The molecule has 8 heteroatoms. The zero-order chi connectivity index (χ0) is 15.6. The Balaban J connectivity index is 2.33. The smallest absolute Gasteiger partial charge is 0.338 e. The lowest BCUT2D eigenvalue weighted by atomic mass is 10.1. The van der Waals surface area contributed by atoms with E-state index in [1.54, 1.807) is 18.8 Å². The van der Waals surface area contributed by atoms with Gasteiger partial charge < -0.3 is 10.3 Å². The third kappa shape index (κ3) is 3.44. The molecular weight excluding hydrogens is 303 g/mol. The summed E-state index contributed by atoms with van der Waals surface area (Å²) in [5.41, 5.74) is 1.54. The van der Waals surface area contributed by atoms with Crippen molar-refractivity contribution in [2.75, 3.05) is 24.0 Å². The Hall–Kier alpha value is -1.41. The second-order valence-electron chi connectivity index (χ2n) is 4.84. The van der Waals surface area contributed by atoms with Crippen LogP contribution in [0, 0.1) is 0 Å². The molecule has 116 valence electrons. The molecule has 21 heavy (non-hydrogen) atoms. The molecule has 1 aromatic rings. The first-order valence-electron chi connectivity index (χ1n) is 6.37. The van der Waals surface area contributed by atoms with Crippen LogP contribution >= 0.6 is 11.8 Å². The van der Waals surface area contributed by atoms with Crippen LogP contribution in [0.4, 0.5) is 18.9 Å². The van der Waals surface area contributed by atoms with Crippen molar-refractivity contribution in [3.8, 4) is 0 Å². The van der Waals surface area contributed by atoms with E-state index in [0.29, 0.717) is 0 Å². The van der Waals surface area contributed by atoms with E-state index in [9.17, 15) is 18.0 Å². The summed E-state index contributed by atoms with van der Waals surface area (Å²) < 4.78 is 38.4. The Morgan fingerprint density at radius 3 is 2.71 bits per heavy atom. The van der Waals surface area contributed by atoms with Gasteiger partial charge in [0.15, 0.2) is 0 Å². The van der Waals surface area contributed by atoms with E-state index in [1.807, 2.05) is 0 Å². The van der Waals surface area contributed by atoms with Crippen LogP contribution in [-0.2, 0) is 6.18 Å². The number of hydrogen-bond acceptors (Lipinski definition) is 4. The molecule has 1 aliphatic heterocycles. The number of nitrogen functional groups attached to an aromatic ring is 1. The number of halogens is 3. The van der Waals surface area contributed by atoms with E-state index in [2.05, 4.69) is 5.43 Å². The number of alkyl halides is 3.